The molecule has 2 aliphatic heterocycles. The molecule has 2 heterocycles. The lowest BCUT2D eigenvalue weighted by atomic mass is 9.94. The zero-order valence-corrected chi connectivity index (χ0v) is 7.48. The summed E-state index contributed by atoms with van der Waals surface area (Å²) in [5.41, 5.74) is -0.446. The third-order valence-corrected chi connectivity index (χ3v) is 2.74. The molecule has 2 saturated heterocycles. The predicted molar refractivity (Wildman–Crippen MR) is 40.6 cm³/mol. The van der Waals surface area contributed by atoms with E-state index in [4.69, 9.17) is 14.2 Å². The number of ether oxygens (including phenoxy) is 3. The van der Waals surface area contributed by atoms with E-state index in [9.17, 15) is 5.11 Å². The average Bonchev–Trinajstić information content (AvgIpc) is 2.73. The van der Waals surface area contributed by atoms with E-state index < -0.39 is 18.0 Å². The van der Waals surface area contributed by atoms with Gasteiger partial charge < -0.3 is 19.3 Å². The lowest BCUT2D eigenvalue weighted by Crippen LogP contribution is -2.50. The SMILES string of the molecule is CO[C@@H]1O[C@@H](C)[C@H]2O[C@@]2(C)[C@H]1O. The molecule has 70 valence electrons. The van der Waals surface area contributed by atoms with Gasteiger partial charge in [-0.15, -0.1) is 0 Å². The molecule has 0 aromatic carbocycles. The minimum atomic E-state index is -0.677. The average molecular weight is 174 g/mol. The summed E-state index contributed by atoms with van der Waals surface area (Å²) in [7, 11) is 1.52. The van der Waals surface area contributed by atoms with E-state index >= 15 is 0 Å². The Hall–Kier alpha value is -0.160. The minimum Gasteiger partial charge on any atom is -0.385 e. The zero-order valence-electron chi connectivity index (χ0n) is 7.48. The Kier molecular flexibility index (Phi) is 1.70. The van der Waals surface area contributed by atoms with Crippen LogP contribution in [0.5, 0.6) is 0 Å². The topological polar surface area (TPSA) is 51.2 Å². The van der Waals surface area contributed by atoms with Gasteiger partial charge in [-0.05, 0) is 13.8 Å². The Balaban J connectivity index is 2.13. The molecule has 0 aromatic heterocycles. The molecule has 0 aliphatic carbocycles. The van der Waals surface area contributed by atoms with Gasteiger partial charge in [0.1, 0.15) is 17.8 Å². The third-order valence-electron chi connectivity index (χ3n) is 2.74. The number of aliphatic hydroxyl groups is 1. The van der Waals surface area contributed by atoms with Crippen molar-refractivity contribution in [2.75, 3.05) is 7.11 Å². The zero-order chi connectivity index (χ0) is 8.93. The first-order chi connectivity index (χ1) is 5.59. The summed E-state index contributed by atoms with van der Waals surface area (Å²) in [5, 5.41) is 9.68. The van der Waals surface area contributed by atoms with Gasteiger partial charge in [-0.3, -0.25) is 0 Å². The summed E-state index contributed by atoms with van der Waals surface area (Å²) in [6.45, 7) is 3.81. The highest BCUT2D eigenvalue weighted by atomic mass is 16.7. The molecule has 0 radical (unpaired) electrons. The number of hydrogen-bond donors (Lipinski definition) is 1. The van der Waals surface area contributed by atoms with Crippen LogP contribution in [-0.4, -0.2) is 42.4 Å². The molecule has 4 heteroatoms. The molecular formula is C8H14O4. The van der Waals surface area contributed by atoms with Crippen molar-refractivity contribution in [1.82, 2.24) is 0 Å². The maximum atomic E-state index is 9.68. The smallest absolute Gasteiger partial charge is 0.186 e. The van der Waals surface area contributed by atoms with Crippen LogP contribution >= 0.6 is 0 Å². The molecule has 4 nitrogen and oxygen atoms in total. The standard InChI is InChI=1S/C8H14O4/c1-4-6-8(2,12-6)5(9)7(10-3)11-4/h4-7,9H,1-3H3/t4-,5-,6+,7+,8-/m0/s1. The van der Waals surface area contributed by atoms with Crippen LogP contribution in [0.2, 0.25) is 0 Å². The number of epoxide rings is 1. The Morgan fingerprint density at radius 1 is 1.50 bits per heavy atom. The van der Waals surface area contributed by atoms with E-state index in [-0.39, 0.29) is 12.2 Å². The van der Waals surface area contributed by atoms with Crippen LogP contribution in [0.4, 0.5) is 0 Å². The van der Waals surface area contributed by atoms with Crippen LogP contribution in [0, 0.1) is 0 Å². The number of fused-ring (bicyclic) bond motifs is 1. The Morgan fingerprint density at radius 2 is 2.17 bits per heavy atom. The van der Waals surface area contributed by atoms with Crippen LogP contribution in [0.15, 0.2) is 0 Å². The van der Waals surface area contributed by atoms with Crippen molar-refractivity contribution in [3.05, 3.63) is 0 Å². The van der Waals surface area contributed by atoms with Crippen molar-refractivity contribution >= 4 is 0 Å². The Morgan fingerprint density at radius 3 is 2.75 bits per heavy atom. The van der Waals surface area contributed by atoms with Crippen molar-refractivity contribution in [2.24, 2.45) is 0 Å². The fourth-order valence-corrected chi connectivity index (χ4v) is 1.85. The molecule has 12 heavy (non-hydrogen) atoms. The molecule has 2 fully saturated rings. The molecule has 0 bridgehead atoms. The van der Waals surface area contributed by atoms with Gasteiger partial charge in [0, 0.05) is 7.11 Å². The van der Waals surface area contributed by atoms with E-state index in [0.717, 1.165) is 0 Å². The highest BCUT2D eigenvalue weighted by molar-refractivity contribution is 5.11. The highest BCUT2D eigenvalue weighted by Crippen LogP contribution is 2.47. The summed E-state index contributed by atoms with van der Waals surface area (Å²) in [4.78, 5) is 0. The maximum absolute atomic E-state index is 9.68. The van der Waals surface area contributed by atoms with Crippen molar-refractivity contribution in [3.8, 4) is 0 Å². The van der Waals surface area contributed by atoms with Gasteiger partial charge in [-0.1, -0.05) is 0 Å². The summed E-state index contributed by atoms with van der Waals surface area (Å²) >= 11 is 0. The first-order valence-electron chi connectivity index (χ1n) is 4.13. The van der Waals surface area contributed by atoms with Crippen LogP contribution in [-0.2, 0) is 14.2 Å². The van der Waals surface area contributed by atoms with Gasteiger partial charge in [-0.2, -0.15) is 0 Å². The van der Waals surface area contributed by atoms with Crippen LogP contribution in [0.3, 0.4) is 0 Å². The van der Waals surface area contributed by atoms with Crippen molar-refractivity contribution in [3.63, 3.8) is 0 Å². The number of rotatable bonds is 1. The third kappa shape index (κ3) is 0.925. The molecule has 2 aliphatic rings. The second kappa shape index (κ2) is 2.42. The Labute approximate surface area is 71.4 Å². The fourth-order valence-electron chi connectivity index (χ4n) is 1.85. The number of hydrogen-bond acceptors (Lipinski definition) is 4. The van der Waals surface area contributed by atoms with E-state index in [2.05, 4.69) is 0 Å². The van der Waals surface area contributed by atoms with Crippen molar-refractivity contribution < 1.29 is 19.3 Å². The minimum absolute atomic E-state index is 0.00310. The molecule has 0 amide bonds. The normalized spacial score (nSPS) is 58.0. The quantitative estimate of drug-likeness (QED) is 0.564. The molecule has 0 aromatic rings. The van der Waals surface area contributed by atoms with Gasteiger partial charge in [0.2, 0.25) is 0 Å². The van der Waals surface area contributed by atoms with E-state index in [1.54, 1.807) is 0 Å². The lowest BCUT2D eigenvalue weighted by Gasteiger charge is -2.31. The van der Waals surface area contributed by atoms with E-state index in [1.807, 2.05) is 13.8 Å². The predicted octanol–water partition coefficient (Wildman–Crippen LogP) is -0.104. The van der Waals surface area contributed by atoms with Crippen molar-refractivity contribution in [1.29, 1.82) is 0 Å². The van der Waals surface area contributed by atoms with Gasteiger partial charge in [0.15, 0.2) is 6.29 Å². The molecule has 2 rings (SSSR count). The number of methoxy groups -OCH3 is 1. The van der Waals surface area contributed by atoms with Gasteiger partial charge in [-0.25, -0.2) is 0 Å². The molecule has 0 spiro atoms. The molecule has 0 unspecified atom stereocenters. The van der Waals surface area contributed by atoms with Crippen molar-refractivity contribution in [2.45, 2.75) is 44.1 Å². The molecular weight excluding hydrogens is 160 g/mol. The molecule has 5 atom stereocenters. The maximum Gasteiger partial charge on any atom is 0.186 e. The molecule has 0 saturated carbocycles. The van der Waals surface area contributed by atoms with E-state index in [1.165, 1.54) is 7.11 Å². The van der Waals surface area contributed by atoms with Gasteiger partial charge >= 0.3 is 0 Å². The monoisotopic (exact) mass is 174 g/mol. The van der Waals surface area contributed by atoms with Crippen LogP contribution in [0.1, 0.15) is 13.8 Å². The second-order valence-electron chi connectivity index (χ2n) is 3.61. The Bertz CT molecular complexity index is 195. The summed E-state index contributed by atoms with van der Waals surface area (Å²) in [6, 6.07) is 0. The largest absolute Gasteiger partial charge is 0.385 e. The summed E-state index contributed by atoms with van der Waals surface area (Å²) in [5.74, 6) is 0. The van der Waals surface area contributed by atoms with Crippen LogP contribution in [0.25, 0.3) is 0 Å². The fraction of sp³-hybridized carbons (Fsp3) is 1.00. The first-order valence-corrected chi connectivity index (χ1v) is 4.13. The van der Waals surface area contributed by atoms with Gasteiger partial charge in [0.25, 0.3) is 0 Å². The highest BCUT2D eigenvalue weighted by Gasteiger charge is 2.66. The first kappa shape index (κ1) is 8.44. The van der Waals surface area contributed by atoms with Crippen LogP contribution < -0.4 is 0 Å². The van der Waals surface area contributed by atoms with Gasteiger partial charge in [0.05, 0.1) is 6.10 Å². The summed E-state index contributed by atoms with van der Waals surface area (Å²) in [6.07, 6.45) is -1.20. The van der Waals surface area contributed by atoms with E-state index in [0.29, 0.717) is 0 Å². The number of aliphatic hydroxyl groups excluding tert-OH is 1. The molecule has 1 N–H and O–H groups in total. The summed E-state index contributed by atoms with van der Waals surface area (Å²) < 4.78 is 15.7. The second-order valence-corrected chi connectivity index (χ2v) is 3.61. The lowest BCUT2D eigenvalue weighted by molar-refractivity contribution is -0.224.